The largest absolute Gasteiger partial charge is 0.458 e. The molecule has 4 fully saturated rings. The van der Waals surface area contributed by atoms with Crippen LogP contribution in [0.1, 0.15) is 74.7 Å². The number of alkyl carbamates (subject to hydrolysis) is 2. The minimum absolute atomic E-state index is 0.0232. The van der Waals surface area contributed by atoms with Crippen LogP contribution in [0.5, 0.6) is 0 Å². The van der Waals surface area contributed by atoms with Crippen molar-refractivity contribution in [1.82, 2.24) is 15.5 Å². The summed E-state index contributed by atoms with van der Waals surface area (Å²) < 4.78 is 43.5. The average Bonchev–Trinajstić information content (AvgIpc) is 3.36. The number of carbonyl (C=O) groups excluding carboxylic acids is 5. The minimum Gasteiger partial charge on any atom is -0.458 e. The maximum absolute atomic E-state index is 14.3. The Kier molecular flexibility index (Phi) is 12.6. The molecule has 15 nitrogen and oxygen atoms in total. The number of ether oxygens (including phenoxy) is 7. The molecule has 4 aliphatic heterocycles. The fourth-order valence-corrected chi connectivity index (χ4v) is 8.43. The number of likely N-dealkylation sites (N-methyl/N-ethyl adjacent to an activating group) is 1. The van der Waals surface area contributed by atoms with Crippen LogP contribution in [0.3, 0.4) is 0 Å². The average molecular weight is 712 g/mol. The third-order valence-electron chi connectivity index (χ3n) is 11.1. The summed E-state index contributed by atoms with van der Waals surface area (Å²) in [4.78, 5) is 69.4. The topological polar surface area (TPSA) is 177 Å². The molecule has 2 amide bonds. The van der Waals surface area contributed by atoms with Crippen LogP contribution in [0, 0.1) is 23.7 Å². The van der Waals surface area contributed by atoms with Gasteiger partial charge in [0.1, 0.15) is 36.3 Å². The molecule has 4 rings (SSSR count). The summed E-state index contributed by atoms with van der Waals surface area (Å²) in [6.45, 7) is 13.1. The van der Waals surface area contributed by atoms with E-state index in [1.165, 1.54) is 0 Å². The van der Waals surface area contributed by atoms with Gasteiger partial charge in [0, 0.05) is 30.9 Å². The van der Waals surface area contributed by atoms with Crippen molar-refractivity contribution in [2.24, 2.45) is 23.7 Å². The lowest BCUT2D eigenvalue weighted by molar-refractivity contribution is -0.302. The predicted molar refractivity (Wildman–Crippen MR) is 178 cm³/mol. The molecular formula is C35H57N3O12. The number of ketones is 2. The van der Waals surface area contributed by atoms with E-state index in [-0.39, 0.29) is 37.3 Å². The van der Waals surface area contributed by atoms with Crippen LogP contribution >= 0.6 is 0 Å². The van der Waals surface area contributed by atoms with Gasteiger partial charge in [-0.2, -0.15) is 0 Å². The summed E-state index contributed by atoms with van der Waals surface area (Å²) in [6.07, 6.45) is -5.41. The van der Waals surface area contributed by atoms with Crippen molar-refractivity contribution < 1.29 is 57.1 Å². The monoisotopic (exact) mass is 711 g/mol. The van der Waals surface area contributed by atoms with Gasteiger partial charge in [0.2, 0.25) is 0 Å². The van der Waals surface area contributed by atoms with Gasteiger partial charge >= 0.3 is 18.2 Å². The zero-order chi connectivity index (χ0) is 37.3. The van der Waals surface area contributed by atoms with Crippen LogP contribution in [0.2, 0.25) is 0 Å². The highest BCUT2D eigenvalue weighted by atomic mass is 16.7. The molecule has 0 spiro atoms. The Morgan fingerprint density at radius 1 is 0.960 bits per heavy atom. The van der Waals surface area contributed by atoms with Crippen molar-refractivity contribution in [2.75, 3.05) is 34.4 Å². The lowest BCUT2D eigenvalue weighted by Gasteiger charge is -2.49. The number of amides is 2. The summed E-state index contributed by atoms with van der Waals surface area (Å²) in [7, 11) is 5.45. The fraction of sp³-hybridized carbons (Fsp3) is 0.857. The van der Waals surface area contributed by atoms with Crippen molar-refractivity contribution in [3.05, 3.63) is 0 Å². The van der Waals surface area contributed by atoms with Gasteiger partial charge in [-0.3, -0.25) is 14.4 Å². The van der Waals surface area contributed by atoms with Crippen LogP contribution in [-0.4, -0.2) is 129 Å². The van der Waals surface area contributed by atoms with E-state index in [1.807, 2.05) is 25.9 Å². The molecule has 50 heavy (non-hydrogen) atoms. The normalized spacial score (nSPS) is 43.8. The SMILES string of the molecule is CC[C@H]1OC(=O)[C@H](C)[C@H]2OCC(=O)CNC(=O)O[C@](C)(C[C@@H](C)C(=O)[C@H](C)[C@H]3NC(=O)O[C@@]31C)[C@H](O[C@@H]1O[C@H](C)C[C@H](N(C)C)[C@H]1OC)[C@H]2C. The number of fused-ring (bicyclic) bond motifs is 4. The standard InChI is InChI=1S/C35H57N3O12/c1-12-24-35(8)28(37-33(43)50-35)19(4)25(40)17(2)14-34(7)29(48-31-27(44-11)23(38(9)10)13-18(3)46-31)20(5)26(21(6)30(41)47-24)45-16-22(39)15-36-32(42)49-34/h17-21,23-24,26-29,31H,12-16H2,1-11H3,(H,36,42)(H,37,43)/t17-,18-,19+,20+,21-,23+,24-,26+,27-,28-,29-,31+,34-,35-/m1/s1. The van der Waals surface area contributed by atoms with Crippen LogP contribution in [0.15, 0.2) is 0 Å². The summed E-state index contributed by atoms with van der Waals surface area (Å²) in [5, 5.41) is 5.28. The van der Waals surface area contributed by atoms with Crippen LogP contribution in [-0.2, 0) is 47.5 Å². The van der Waals surface area contributed by atoms with Crippen LogP contribution in [0.4, 0.5) is 9.59 Å². The molecule has 0 radical (unpaired) electrons. The van der Waals surface area contributed by atoms with E-state index in [4.69, 9.17) is 33.2 Å². The number of esters is 1. The van der Waals surface area contributed by atoms with Crippen molar-refractivity contribution in [1.29, 1.82) is 0 Å². The van der Waals surface area contributed by atoms with Crippen LogP contribution in [0.25, 0.3) is 0 Å². The molecule has 0 aromatic carbocycles. The molecule has 0 unspecified atom stereocenters. The maximum atomic E-state index is 14.3. The highest BCUT2D eigenvalue weighted by Gasteiger charge is 2.58. The Morgan fingerprint density at radius 3 is 2.26 bits per heavy atom. The molecule has 284 valence electrons. The van der Waals surface area contributed by atoms with Gasteiger partial charge in [-0.25, -0.2) is 9.59 Å². The molecule has 4 heterocycles. The zero-order valence-electron chi connectivity index (χ0n) is 31.3. The number of hydrogen-bond acceptors (Lipinski definition) is 13. The van der Waals surface area contributed by atoms with Gasteiger partial charge in [0.25, 0.3) is 0 Å². The van der Waals surface area contributed by atoms with Gasteiger partial charge in [-0.1, -0.05) is 27.7 Å². The van der Waals surface area contributed by atoms with E-state index in [1.54, 1.807) is 55.6 Å². The number of rotatable bonds is 5. The molecule has 2 bridgehead atoms. The van der Waals surface area contributed by atoms with E-state index >= 15 is 0 Å². The van der Waals surface area contributed by atoms with Crippen LogP contribution < -0.4 is 10.6 Å². The number of methoxy groups -OCH3 is 1. The Labute approximate surface area is 295 Å². The Morgan fingerprint density at radius 2 is 1.64 bits per heavy atom. The summed E-state index contributed by atoms with van der Waals surface area (Å²) in [5.41, 5.74) is -2.93. The fourth-order valence-electron chi connectivity index (χ4n) is 8.43. The summed E-state index contributed by atoms with van der Waals surface area (Å²) >= 11 is 0. The number of carbonyl (C=O) groups is 5. The maximum Gasteiger partial charge on any atom is 0.408 e. The number of hydrogen-bond donors (Lipinski definition) is 2. The van der Waals surface area contributed by atoms with E-state index in [0.29, 0.717) is 6.42 Å². The molecule has 15 heteroatoms. The quantitative estimate of drug-likeness (QED) is 0.315. The number of cyclic esters (lactones) is 1. The molecule has 2 N–H and O–H groups in total. The van der Waals surface area contributed by atoms with Gasteiger partial charge < -0.3 is 48.7 Å². The highest BCUT2D eigenvalue weighted by Crippen LogP contribution is 2.42. The number of nitrogens with zero attached hydrogens (tertiary/aromatic N) is 1. The molecule has 4 saturated heterocycles. The lowest BCUT2D eigenvalue weighted by atomic mass is 9.73. The summed E-state index contributed by atoms with van der Waals surface area (Å²) in [5.74, 6) is -4.61. The second-order valence-electron chi connectivity index (χ2n) is 15.2. The molecule has 0 aliphatic carbocycles. The van der Waals surface area contributed by atoms with E-state index < -0.39 is 102 Å². The first kappa shape index (κ1) is 39.9. The molecule has 0 aromatic rings. The van der Waals surface area contributed by atoms with E-state index in [0.717, 1.165) is 0 Å². The Balaban J connectivity index is 1.90. The van der Waals surface area contributed by atoms with Crippen molar-refractivity contribution >= 4 is 29.7 Å². The second kappa shape index (κ2) is 15.8. The third kappa shape index (κ3) is 8.11. The first-order valence-corrected chi connectivity index (χ1v) is 17.7. The first-order valence-electron chi connectivity index (χ1n) is 17.7. The Bertz CT molecular complexity index is 1280. The van der Waals surface area contributed by atoms with Crippen molar-refractivity contribution in [2.45, 2.75) is 135 Å². The molecule has 0 saturated carbocycles. The molecule has 14 atom stereocenters. The highest BCUT2D eigenvalue weighted by molar-refractivity contribution is 5.86. The van der Waals surface area contributed by atoms with Gasteiger partial charge in [-0.05, 0) is 61.1 Å². The van der Waals surface area contributed by atoms with E-state index in [9.17, 15) is 24.0 Å². The molecular weight excluding hydrogens is 654 g/mol. The van der Waals surface area contributed by atoms with Gasteiger partial charge in [0.15, 0.2) is 17.7 Å². The summed E-state index contributed by atoms with van der Waals surface area (Å²) in [6, 6.07) is -0.930. The van der Waals surface area contributed by atoms with Gasteiger partial charge in [0.05, 0.1) is 30.7 Å². The van der Waals surface area contributed by atoms with Crippen molar-refractivity contribution in [3.8, 4) is 0 Å². The zero-order valence-corrected chi connectivity index (χ0v) is 31.3. The molecule has 0 aromatic heterocycles. The lowest BCUT2D eigenvalue weighted by Crippen LogP contribution is -2.61. The Hall–Kier alpha value is -2.85. The number of nitrogens with one attached hydrogen (secondary N) is 2. The second-order valence-corrected chi connectivity index (χ2v) is 15.2. The first-order chi connectivity index (χ1) is 23.4. The van der Waals surface area contributed by atoms with E-state index in [2.05, 4.69) is 10.6 Å². The van der Waals surface area contributed by atoms with Crippen molar-refractivity contribution in [3.63, 3.8) is 0 Å². The number of Topliss-reactive ketones (excluding diaryl/α,β-unsaturated/α-hetero) is 2. The van der Waals surface area contributed by atoms with Gasteiger partial charge in [-0.15, -0.1) is 0 Å². The third-order valence-corrected chi connectivity index (χ3v) is 11.1. The minimum atomic E-state index is -1.55. The molecule has 4 aliphatic rings. The predicted octanol–water partition coefficient (Wildman–Crippen LogP) is 2.61. The smallest absolute Gasteiger partial charge is 0.408 e.